The fourth-order valence-electron chi connectivity index (χ4n) is 2.09. The first kappa shape index (κ1) is 14.3. The van der Waals surface area contributed by atoms with E-state index in [1.807, 2.05) is 0 Å². The second-order valence-corrected chi connectivity index (χ2v) is 5.22. The zero-order valence-electron chi connectivity index (χ0n) is 11.6. The molecule has 1 aliphatic heterocycles. The van der Waals surface area contributed by atoms with Crippen molar-refractivity contribution in [3.05, 3.63) is 29.6 Å². The summed E-state index contributed by atoms with van der Waals surface area (Å²) >= 11 is 0. The van der Waals surface area contributed by atoms with Gasteiger partial charge in [-0.25, -0.2) is 4.39 Å². The highest BCUT2D eigenvalue weighted by Crippen LogP contribution is 2.23. The third-order valence-electron chi connectivity index (χ3n) is 3.19. The lowest BCUT2D eigenvalue weighted by Gasteiger charge is -2.24. The molecular weight excluding hydrogens is 245 g/mol. The highest BCUT2D eigenvalue weighted by molar-refractivity contribution is 5.34. The maximum atomic E-state index is 13.3. The number of hydrogen-bond acceptors (Lipinski definition) is 3. The van der Waals surface area contributed by atoms with E-state index in [9.17, 15) is 4.39 Å². The minimum absolute atomic E-state index is 0.178. The summed E-state index contributed by atoms with van der Waals surface area (Å²) in [6.07, 6.45) is 1.97. The van der Waals surface area contributed by atoms with Gasteiger partial charge in [0.25, 0.3) is 0 Å². The van der Waals surface area contributed by atoms with Crippen molar-refractivity contribution in [2.75, 3.05) is 13.2 Å². The molecule has 2 rings (SSSR count). The van der Waals surface area contributed by atoms with Crippen LogP contribution in [0.5, 0.6) is 5.75 Å². The first-order valence-electron chi connectivity index (χ1n) is 6.91. The number of rotatable bonds is 5. The second kappa shape index (κ2) is 6.87. The predicted molar refractivity (Wildman–Crippen MR) is 72.8 cm³/mol. The minimum atomic E-state index is -0.222. The van der Waals surface area contributed by atoms with Crippen LogP contribution in [0.2, 0.25) is 0 Å². The van der Waals surface area contributed by atoms with Crippen molar-refractivity contribution in [2.24, 2.45) is 0 Å². The van der Waals surface area contributed by atoms with Gasteiger partial charge in [0.1, 0.15) is 17.7 Å². The maximum Gasteiger partial charge on any atom is 0.124 e. The Morgan fingerprint density at radius 1 is 1.37 bits per heavy atom. The van der Waals surface area contributed by atoms with Gasteiger partial charge in [-0.1, -0.05) is 13.8 Å². The van der Waals surface area contributed by atoms with E-state index < -0.39 is 0 Å². The van der Waals surface area contributed by atoms with E-state index >= 15 is 0 Å². The number of ether oxygens (including phenoxy) is 2. The third kappa shape index (κ3) is 4.48. The molecule has 1 N–H and O–H groups in total. The van der Waals surface area contributed by atoms with Gasteiger partial charge in [-0.3, -0.25) is 0 Å². The monoisotopic (exact) mass is 267 g/mol. The van der Waals surface area contributed by atoms with Crippen LogP contribution in [0.4, 0.5) is 4.39 Å². The molecule has 0 spiro atoms. The van der Waals surface area contributed by atoms with E-state index in [0.29, 0.717) is 12.6 Å². The van der Waals surface area contributed by atoms with Gasteiger partial charge in [0.15, 0.2) is 0 Å². The molecule has 1 heterocycles. The van der Waals surface area contributed by atoms with Crippen LogP contribution in [-0.2, 0) is 11.3 Å². The molecule has 0 saturated carbocycles. The highest BCUT2D eigenvalue weighted by atomic mass is 19.1. The Morgan fingerprint density at radius 2 is 2.11 bits per heavy atom. The molecule has 0 unspecified atom stereocenters. The molecule has 1 fully saturated rings. The largest absolute Gasteiger partial charge is 0.490 e. The SMILES string of the molecule is CC(C)NCc1cc(F)ccc1OC1CCOCC1. The van der Waals surface area contributed by atoms with Crippen LogP contribution >= 0.6 is 0 Å². The normalized spacial score (nSPS) is 16.8. The number of halogens is 1. The Kier molecular flexibility index (Phi) is 5.16. The molecular formula is C15H22FNO2. The minimum Gasteiger partial charge on any atom is -0.490 e. The Hall–Kier alpha value is -1.13. The van der Waals surface area contributed by atoms with Gasteiger partial charge in [0.05, 0.1) is 13.2 Å². The number of hydrogen-bond donors (Lipinski definition) is 1. The van der Waals surface area contributed by atoms with Gasteiger partial charge in [-0.2, -0.15) is 0 Å². The zero-order chi connectivity index (χ0) is 13.7. The van der Waals surface area contributed by atoms with Crippen LogP contribution in [0.15, 0.2) is 18.2 Å². The van der Waals surface area contributed by atoms with E-state index in [2.05, 4.69) is 19.2 Å². The third-order valence-corrected chi connectivity index (χ3v) is 3.19. The van der Waals surface area contributed by atoms with Crippen molar-refractivity contribution >= 4 is 0 Å². The lowest BCUT2D eigenvalue weighted by Crippen LogP contribution is -2.27. The lowest BCUT2D eigenvalue weighted by atomic mass is 10.1. The summed E-state index contributed by atoms with van der Waals surface area (Å²) in [7, 11) is 0. The average Bonchev–Trinajstić information content (AvgIpc) is 2.40. The summed E-state index contributed by atoms with van der Waals surface area (Å²) in [4.78, 5) is 0. The molecule has 0 atom stereocenters. The van der Waals surface area contributed by atoms with Gasteiger partial charge < -0.3 is 14.8 Å². The highest BCUT2D eigenvalue weighted by Gasteiger charge is 2.17. The fraction of sp³-hybridized carbons (Fsp3) is 0.600. The van der Waals surface area contributed by atoms with E-state index in [0.717, 1.165) is 37.4 Å². The summed E-state index contributed by atoms with van der Waals surface area (Å²) < 4.78 is 24.6. The quantitative estimate of drug-likeness (QED) is 0.890. The molecule has 0 aromatic heterocycles. The van der Waals surface area contributed by atoms with Crippen LogP contribution < -0.4 is 10.1 Å². The van der Waals surface area contributed by atoms with E-state index in [-0.39, 0.29) is 11.9 Å². The topological polar surface area (TPSA) is 30.5 Å². The van der Waals surface area contributed by atoms with Crippen molar-refractivity contribution in [3.63, 3.8) is 0 Å². The first-order chi connectivity index (χ1) is 9.15. The Bertz CT molecular complexity index is 403. The first-order valence-corrected chi connectivity index (χ1v) is 6.91. The Morgan fingerprint density at radius 3 is 2.79 bits per heavy atom. The summed E-state index contributed by atoms with van der Waals surface area (Å²) in [6, 6.07) is 5.08. The number of benzene rings is 1. The summed E-state index contributed by atoms with van der Waals surface area (Å²) in [5.41, 5.74) is 0.875. The fourth-order valence-corrected chi connectivity index (χ4v) is 2.09. The van der Waals surface area contributed by atoms with Crippen LogP contribution in [0.3, 0.4) is 0 Å². The molecule has 3 nitrogen and oxygen atoms in total. The summed E-state index contributed by atoms with van der Waals surface area (Å²) in [5, 5.41) is 3.30. The Labute approximate surface area is 114 Å². The zero-order valence-corrected chi connectivity index (χ0v) is 11.6. The van der Waals surface area contributed by atoms with Gasteiger partial charge in [0, 0.05) is 31.0 Å². The smallest absolute Gasteiger partial charge is 0.124 e. The molecule has 1 aromatic rings. The van der Waals surface area contributed by atoms with E-state index in [1.165, 1.54) is 6.07 Å². The van der Waals surface area contributed by atoms with Crippen molar-refractivity contribution in [3.8, 4) is 5.75 Å². The van der Waals surface area contributed by atoms with Crippen LogP contribution in [0.1, 0.15) is 32.3 Å². The molecule has 0 aliphatic carbocycles. The molecule has 1 aliphatic rings. The van der Waals surface area contributed by atoms with Crippen LogP contribution in [-0.4, -0.2) is 25.4 Å². The van der Waals surface area contributed by atoms with Crippen LogP contribution in [0, 0.1) is 5.82 Å². The van der Waals surface area contributed by atoms with E-state index in [1.54, 1.807) is 12.1 Å². The summed E-state index contributed by atoms with van der Waals surface area (Å²) in [6.45, 7) is 6.24. The molecule has 0 bridgehead atoms. The predicted octanol–water partition coefficient (Wildman–Crippen LogP) is 2.88. The van der Waals surface area contributed by atoms with Crippen molar-refractivity contribution < 1.29 is 13.9 Å². The molecule has 1 saturated heterocycles. The average molecular weight is 267 g/mol. The molecule has 106 valence electrons. The molecule has 0 amide bonds. The van der Waals surface area contributed by atoms with Gasteiger partial charge in [-0.05, 0) is 18.2 Å². The molecule has 19 heavy (non-hydrogen) atoms. The van der Waals surface area contributed by atoms with Gasteiger partial charge in [-0.15, -0.1) is 0 Å². The Balaban J connectivity index is 2.04. The van der Waals surface area contributed by atoms with E-state index in [4.69, 9.17) is 9.47 Å². The molecule has 4 heteroatoms. The van der Waals surface area contributed by atoms with Crippen molar-refractivity contribution in [2.45, 2.75) is 45.4 Å². The number of nitrogens with one attached hydrogen (secondary N) is 1. The molecule has 1 aromatic carbocycles. The van der Waals surface area contributed by atoms with Crippen molar-refractivity contribution in [1.82, 2.24) is 5.32 Å². The second-order valence-electron chi connectivity index (χ2n) is 5.22. The summed E-state index contributed by atoms with van der Waals surface area (Å²) in [5.74, 6) is 0.557. The molecule has 0 radical (unpaired) electrons. The lowest BCUT2D eigenvalue weighted by molar-refractivity contribution is 0.0251. The van der Waals surface area contributed by atoms with Crippen LogP contribution in [0.25, 0.3) is 0 Å². The van der Waals surface area contributed by atoms with Gasteiger partial charge in [0.2, 0.25) is 0 Å². The standard InChI is InChI=1S/C15H22FNO2/c1-11(2)17-10-12-9-13(16)3-4-15(12)19-14-5-7-18-8-6-14/h3-4,9,11,14,17H,5-8,10H2,1-2H3. The maximum absolute atomic E-state index is 13.3. The van der Waals surface area contributed by atoms with Crippen molar-refractivity contribution in [1.29, 1.82) is 0 Å². The van der Waals surface area contributed by atoms with Gasteiger partial charge >= 0.3 is 0 Å².